The smallest absolute Gasteiger partial charge is 0.271 e. The van der Waals surface area contributed by atoms with Crippen LogP contribution < -0.4 is 11.1 Å². The summed E-state index contributed by atoms with van der Waals surface area (Å²) in [6.07, 6.45) is 0.651. The third-order valence-corrected chi connectivity index (χ3v) is 3.99. The maximum atomic E-state index is 13.5. The minimum absolute atomic E-state index is 0.119. The molecule has 20 heavy (non-hydrogen) atoms. The standard InChI is InChI=1S/C13H13BrFN3OS/c14-9-1-2-10(15)8(5-9)6-17-13(19)11-7-20-12(18-11)3-4-16/h1-2,5,7H,3-4,6,16H2,(H,17,19). The van der Waals surface area contributed by atoms with Crippen LogP contribution in [0.1, 0.15) is 21.1 Å². The number of halogens is 2. The van der Waals surface area contributed by atoms with Crippen molar-refractivity contribution >= 4 is 33.2 Å². The highest BCUT2D eigenvalue weighted by atomic mass is 79.9. The number of thiazole rings is 1. The first-order valence-corrected chi connectivity index (χ1v) is 7.64. The Balaban J connectivity index is 1.99. The van der Waals surface area contributed by atoms with E-state index in [0.29, 0.717) is 24.2 Å². The molecule has 1 heterocycles. The van der Waals surface area contributed by atoms with Gasteiger partial charge in [-0.1, -0.05) is 15.9 Å². The molecule has 4 nitrogen and oxygen atoms in total. The van der Waals surface area contributed by atoms with Gasteiger partial charge in [-0.25, -0.2) is 9.37 Å². The number of nitrogens with two attached hydrogens (primary N) is 1. The highest BCUT2D eigenvalue weighted by Crippen LogP contribution is 2.16. The number of carbonyl (C=O) groups is 1. The van der Waals surface area contributed by atoms with Crippen molar-refractivity contribution in [1.29, 1.82) is 0 Å². The second kappa shape index (κ2) is 6.92. The van der Waals surface area contributed by atoms with Crippen molar-refractivity contribution < 1.29 is 9.18 Å². The number of aromatic nitrogens is 1. The fourth-order valence-corrected chi connectivity index (χ4v) is 2.80. The fraction of sp³-hybridized carbons (Fsp3) is 0.231. The van der Waals surface area contributed by atoms with Crippen molar-refractivity contribution in [3.05, 3.63) is 50.1 Å². The molecule has 0 atom stereocenters. The van der Waals surface area contributed by atoms with Crippen molar-refractivity contribution in [2.75, 3.05) is 6.54 Å². The summed E-state index contributed by atoms with van der Waals surface area (Å²) in [5, 5.41) is 5.16. The van der Waals surface area contributed by atoms with Gasteiger partial charge in [-0.05, 0) is 24.7 Å². The molecular weight excluding hydrogens is 345 g/mol. The lowest BCUT2D eigenvalue weighted by molar-refractivity contribution is 0.0946. The Morgan fingerprint density at radius 1 is 1.50 bits per heavy atom. The van der Waals surface area contributed by atoms with Gasteiger partial charge in [0.1, 0.15) is 11.5 Å². The lowest BCUT2D eigenvalue weighted by Crippen LogP contribution is -2.23. The molecule has 0 aliphatic rings. The number of carbonyl (C=O) groups excluding carboxylic acids is 1. The van der Waals surface area contributed by atoms with Crippen molar-refractivity contribution in [2.45, 2.75) is 13.0 Å². The van der Waals surface area contributed by atoms with Gasteiger partial charge in [-0.3, -0.25) is 4.79 Å². The summed E-state index contributed by atoms with van der Waals surface area (Å²) in [6, 6.07) is 4.60. The first kappa shape index (κ1) is 15.1. The topological polar surface area (TPSA) is 68.0 Å². The number of amides is 1. The summed E-state index contributed by atoms with van der Waals surface area (Å²) in [6.45, 7) is 0.617. The van der Waals surface area contributed by atoms with Gasteiger partial charge in [0.2, 0.25) is 0 Å². The fourth-order valence-electron chi connectivity index (χ4n) is 1.60. The molecule has 3 N–H and O–H groups in total. The Labute approximate surface area is 128 Å². The van der Waals surface area contributed by atoms with Crippen LogP contribution in [-0.4, -0.2) is 17.4 Å². The SMILES string of the molecule is NCCc1nc(C(=O)NCc2cc(Br)ccc2F)cs1. The minimum Gasteiger partial charge on any atom is -0.346 e. The summed E-state index contributed by atoms with van der Waals surface area (Å²) in [7, 11) is 0. The van der Waals surface area contributed by atoms with Crippen LogP contribution >= 0.6 is 27.3 Å². The Morgan fingerprint density at radius 3 is 3.05 bits per heavy atom. The zero-order chi connectivity index (χ0) is 14.5. The van der Waals surface area contributed by atoms with Crippen LogP contribution in [0.15, 0.2) is 28.1 Å². The molecule has 0 aliphatic heterocycles. The normalized spacial score (nSPS) is 10.6. The van der Waals surface area contributed by atoms with Gasteiger partial charge in [0.05, 0.1) is 5.01 Å². The van der Waals surface area contributed by atoms with E-state index in [4.69, 9.17) is 5.73 Å². The predicted octanol–water partition coefficient (Wildman–Crippen LogP) is 2.48. The van der Waals surface area contributed by atoms with Gasteiger partial charge >= 0.3 is 0 Å². The van der Waals surface area contributed by atoms with E-state index in [-0.39, 0.29) is 18.3 Å². The van der Waals surface area contributed by atoms with E-state index in [1.165, 1.54) is 17.4 Å². The van der Waals surface area contributed by atoms with Gasteiger partial charge < -0.3 is 11.1 Å². The number of hydrogen-bond acceptors (Lipinski definition) is 4. The summed E-state index contributed by atoms with van der Waals surface area (Å²) < 4.78 is 14.3. The minimum atomic E-state index is -0.351. The molecule has 7 heteroatoms. The van der Waals surface area contributed by atoms with Crippen LogP contribution in [0.25, 0.3) is 0 Å². The quantitative estimate of drug-likeness (QED) is 0.863. The van der Waals surface area contributed by atoms with E-state index in [2.05, 4.69) is 26.2 Å². The summed E-state index contributed by atoms with van der Waals surface area (Å²) >= 11 is 4.66. The molecule has 1 aromatic heterocycles. The van der Waals surface area contributed by atoms with Crippen LogP contribution in [0.2, 0.25) is 0 Å². The van der Waals surface area contributed by atoms with E-state index in [0.717, 1.165) is 9.48 Å². The highest BCUT2D eigenvalue weighted by Gasteiger charge is 2.11. The molecule has 1 aromatic carbocycles. The van der Waals surface area contributed by atoms with Gasteiger partial charge in [-0.15, -0.1) is 11.3 Å². The average molecular weight is 358 g/mol. The van der Waals surface area contributed by atoms with Crippen molar-refractivity contribution in [3.8, 4) is 0 Å². The Bertz CT molecular complexity index is 617. The van der Waals surface area contributed by atoms with E-state index < -0.39 is 0 Å². The zero-order valence-corrected chi connectivity index (χ0v) is 12.9. The number of benzene rings is 1. The van der Waals surface area contributed by atoms with Crippen LogP contribution in [0.4, 0.5) is 4.39 Å². The maximum absolute atomic E-state index is 13.5. The molecule has 2 aromatic rings. The number of hydrogen-bond donors (Lipinski definition) is 2. The van der Waals surface area contributed by atoms with Gasteiger partial charge in [0.15, 0.2) is 0 Å². The van der Waals surface area contributed by atoms with E-state index in [9.17, 15) is 9.18 Å². The first-order valence-electron chi connectivity index (χ1n) is 5.96. The van der Waals surface area contributed by atoms with Crippen molar-refractivity contribution in [1.82, 2.24) is 10.3 Å². The van der Waals surface area contributed by atoms with Gasteiger partial charge in [0, 0.05) is 28.4 Å². The molecule has 0 unspecified atom stereocenters. The third-order valence-electron chi connectivity index (χ3n) is 2.59. The Morgan fingerprint density at radius 2 is 2.30 bits per heavy atom. The van der Waals surface area contributed by atoms with E-state index in [1.54, 1.807) is 17.5 Å². The molecule has 0 bridgehead atoms. The third kappa shape index (κ3) is 3.84. The molecule has 0 saturated heterocycles. The highest BCUT2D eigenvalue weighted by molar-refractivity contribution is 9.10. The molecule has 0 fully saturated rings. The monoisotopic (exact) mass is 357 g/mol. The number of nitrogens with one attached hydrogen (secondary N) is 1. The van der Waals surface area contributed by atoms with E-state index >= 15 is 0 Å². The molecule has 1 amide bonds. The summed E-state index contributed by atoms with van der Waals surface area (Å²) in [5.74, 6) is -0.667. The Kier molecular flexibility index (Phi) is 5.22. The lowest BCUT2D eigenvalue weighted by atomic mass is 10.2. The summed E-state index contributed by atoms with van der Waals surface area (Å²) in [5.41, 5.74) is 6.19. The molecule has 0 radical (unpaired) electrons. The number of nitrogens with zero attached hydrogens (tertiary/aromatic N) is 1. The molecule has 106 valence electrons. The van der Waals surface area contributed by atoms with Crippen LogP contribution in [0.5, 0.6) is 0 Å². The van der Waals surface area contributed by atoms with Crippen LogP contribution in [0, 0.1) is 5.82 Å². The Hall–Kier alpha value is -1.31. The molecule has 2 rings (SSSR count). The second-order valence-corrected chi connectivity index (χ2v) is 5.94. The molecule has 0 aliphatic carbocycles. The van der Waals surface area contributed by atoms with Gasteiger partial charge in [0.25, 0.3) is 5.91 Å². The number of rotatable bonds is 5. The van der Waals surface area contributed by atoms with E-state index in [1.807, 2.05) is 0 Å². The van der Waals surface area contributed by atoms with Crippen LogP contribution in [0.3, 0.4) is 0 Å². The average Bonchev–Trinajstić information content (AvgIpc) is 2.88. The van der Waals surface area contributed by atoms with Crippen LogP contribution in [-0.2, 0) is 13.0 Å². The molecular formula is C13H13BrFN3OS. The zero-order valence-electron chi connectivity index (χ0n) is 10.5. The maximum Gasteiger partial charge on any atom is 0.271 e. The molecule has 0 saturated carbocycles. The van der Waals surface area contributed by atoms with Crippen molar-refractivity contribution in [2.24, 2.45) is 5.73 Å². The van der Waals surface area contributed by atoms with Gasteiger partial charge in [-0.2, -0.15) is 0 Å². The largest absolute Gasteiger partial charge is 0.346 e. The van der Waals surface area contributed by atoms with Crippen molar-refractivity contribution in [3.63, 3.8) is 0 Å². The molecule has 0 spiro atoms. The predicted molar refractivity (Wildman–Crippen MR) is 80.1 cm³/mol. The second-order valence-electron chi connectivity index (χ2n) is 4.08. The summed E-state index contributed by atoms with van der Waals surface area (Å²) in [4.78, 5) is 16.1. The first-order chi connectivity index (χ1) is 9.60. The lowest BCUT2D eigenvalue weighted by Gasteiger charge is -2.05.